The van der Waals surface area contributed by atoms with Gasteiger partial charge in [-0.25, -0.2) is 18.8 Å². The number of thioether (sulfide) groups is 1. The minimum Gasteiger partial charge on any atom is -0.379 e. The largest absolute Gasteiger partial charge is 0.379 e. The SMILES string of the molecule is NC1=N[C@](CF)(c2cc(NC(=O)c3ncc(C=C(Cl)Cl)cc3F)ccn2)CCS1. The van der Waals surface area contributed by atoms with Gasteiger partial charge in [0, 0.05) is 23.8 Å². The smallest absolute Gasteiger partial charge is 0.277 e. The van der Waals surface area contributed by atoms with E-state index >= 15 is 0 Å². The van der Waals surface area contributed by atoms with Crippen molar-refractivity contribution < 1.29 is 13.6 Å². The monoisotopic (exact) mass is 457 g/mol. The molecule has 0 radical (unpaired) electrons. The third-order valence-electron chi connectivity index (χ3n) is 4.16. The Morgan fingerprint density at radius 3 is 2.83 bits per heavy atom. The number of hydrogen-bond acceptors (Lipinski definition) is 6. The molecule has 3 rings (SSSR count). The molecule has 11 heteroatoms. The van der Waals surface area contributed by atoms with Crippen molar-refractivity contribution in [2.24, 2.45) is 10.7 Å². The van der Waals surface area contributed by atoms with Crippen molar-refractivity contribution >= 4 is 57.8 Å². The fraction of sp³-hybridized carbons (Fsp3) is 0.222. The molecule has 6 nitrogen and oxygen atoms in total. The molecule has 0 aliphatic carbocycles. The van der Waals surface area contributed by atoms with Gasteiger partial charge in [-0.15, -0.1) is 0 Å². The van der Waals surface area contributed by atoms with Crippen LogP contribution in [0.5, 0.6) is 0 Å². The maximum atomic E-state index is 14.2. The lowest BCUT2D eigenvalue weighted by Gasteiger charge is -2.30. The Hall–Kier alpha value is -2.23. The first kappa shape index (κ1) is 21.5. The molecule has 152 valence electrons. The lowest BCUT2D eigenvalue weighted by Crippen LogP contribution is -2.34. The molecule has 2 aromatic rings. The zero-order valence-corrected chi connectivity index (χ0v) is 17.2. The highest BCUT2D eigenvalue weighted by atomic mass is 35.5. The second kappa shape index (κ2) is 9.06. The molecular formula is C18H15Cl2F2N5OS. The normalized spacial score (nSPS) is 18.7. The summed E-state index contributed by atoms with van der Waals surface area (Å²) in [5.41, 5.74) is 5.07. The van der Waals surface area contributed by atoms with Gasteiger partial charge in [-0.05, 0) is 36.3 Å². The third-order valence-corrected chi connectivity index (χ3v) is 5.17. The van der Waals surface area contributed by atoms with Crippen LogP contribution >= 0.6 is 35.0 Å². The third kappa shape index (κ3) is 5.04. The number of carbonyl (C=O) groups excluding carboxylic acids is 1. The molecule has 1 amide bonds. The Balaban J connectivity index is 1.84. The summed E-state index contributed by atoms with van der Waals surface area (Å²) in [5, 5.41) is 2.82. The number of carbonyl (C=O) groups is 1. The number of aliphatic imine (C=N–C) groups is 1. The Bertz CT molecular complexity index is 1000. The number of rotatable bonds is 5. The Labute approximate surface area is 179 Å². The number of anilines is 1. The second-order valence-electron chi connectivity index (χ2n) is 6.13. The first-order valence-electron chi connectivity index (χ1n) is 8.33. The predicted molar refractivity (Wildman–Crippen MR) is 112 cm³/mol. The number of amides is 1. The van der Waals surface area contributed by atoms with Crippen molar-refractivity contribution in [3.63, 3.8) is 0 Å². The number of aromatic nitrogens is 2. The lowest BCUT2D eigenvalue weighted by atomic mass is 9.93. The molecule has 0 spiro atoms. The minimum atomic E-state index is -1.20. The number of alkyl halides is 1. The molecule has 0 unspecified atom stereocenters. The van der Waals surface area contributed by atoms with Crippen LogP contribution < -0.4 is 11.1 Å². The zero-order valence-electron chi connectivity index (χ0n) is 14.8. The summed E-state index contributed by atoms with van der Waals surface area (Å²) in [6.07, 6.45) is 4.38. The van der Waals surface area contributed by atoms with E-state index in [0.717, 1.165) is 6.07 Å². The summed E-state index contributed by atoms with van der Waals surface area (Å²) in [6, 6.07) is 4.08. The molecule has 3 heterocycles. The van der Waals surface area contributed by atoms with E-state index in [-0.39, 0.29) is 9.66 Å². The molecule has 1 aliphatic rings. The van der Waals surface area contributed by atoms with E-state index in [1.807, 2.05) is 0 Å². The van der Waals surface area contributed by atoms with Crippen LogP contribution in [0.4, 0.5) is 14.5 Å². The summed E-state index contributed by atoms with van der Waals surface area (Å²) in [6.45, 7) is -0.785. The van der Waals surface area contributed by atoms with Gasteiger partial charge < -0.3 is 11.1 Å². The van der Waals surface area contributed by atoms with Gasteiger partial charge in [0.1, 0.15) is 16.7 Å². The number of amidine groups is 1. The molecule has 0 bridgehead atoms. The van der Waals surface area contributed by atoms with E-state index in [1.54, 1.807) is 0 Å². The van der Waals surface area contributed by atoms with E-state index in [1.165, 1.54) is 42.4 Å². The molecule has 1 atom stereocenters. The van der Waals surface area contributed by atoms with Crippen LogP contribution in [-0.4, -0.2) is 33.5 Å². The number of hydrogen-bond donors (Lipinski definition) is 2. The van der Waals surface area contributed by atoms with Crippen LogP contribution in [-0.2, 0) is 5.54 Å². The van der Waals surface area contributed by atoms with Gasteiger partial charge in [-0.3, -0.25) is 9.78 Å². The van der Waals surface area contributed by atoms with E-state index in [9.17, 15) is 13.6 Å². The molecule has 0 saturated carbocycles. The number of nitrogens with one attached hydrogen (secondary N) is 1. The van der Waals surface area contributed by atoms with Crippen LogP contribution in [0.15, 0.2) is 40.1 Å². The van der Waals surface area contributed by atoms with Crippen molar-refractivity contribution in [3.8, 4) is 0 Å². The van der Waals surface area contributed by atoms with E-state index in [0.29, 0.717) is 29.1 Å². The van der Waals surface area contributed by atoms with Crippen LogP contribution in [0.1, 0.15) is 28.2 Å². The molecular weight excluding hydrogens is 443 g/mol. The average Bonchev–Trinajstić information content (AvgIpc) is 2.67. The highest BCUT2D eigenvalue weighted by Gasteiger charge is 2.36. The summed E-state index contributed by atoms with van der Waals surface area (Å²) in [4.78, 5) is 24.7. The van der Waals surface area contributed by atoms with Gasteiger partial charge in [0.2, 0.25) is 0 Å². The standard InChI is InChI=1S/C18H15Cl2F2N5OS/c19-14(20)6-10-5-12(22)15(25-8-10)16(28)26-11-1-3-24-13(7-11)18(9-21)2-4-29-17(23)27-18/h1,3,5-8H,2,4,9H2,(H2,23,27)(H,24,26,28)/t18-/m1/s1. The first-order valence-corrected chi connectivity index (χ1v) is 10.1. The Morgan fingerprint density at radius 2 is 2.17 bits per heavy atom. The van der Waals surface area contributed by atoms with Gasteiger partial charge in [-0.2, -0.15) is 0 Å². The van der Waals surface area contributed by atoms with Crippen LogP contribution in [0.2, 0.25) is 0 Å². The van der Waals surface area contributed by atoms with E-state index < -0.39 is 29.6 Å². The Morgan fingerprint density at radius 1 is 1.38 bits per heavy atom. The Kier molecular flexibility index (Phi) is 6.71. The minimum absolute atomic E-state index is 0.0704. The first-order chi connectivity index (χ1) is 13.8. The molecule has 0 saturated heterocycles. The van der Waals surface area contributed by atoms with Gasteiger partial charge in [0.05, 0.1) is 5.69 Å². The molecule has 3 N–H and O–H groups in total. The van der Waals surface area contributed by atoms with E-state index in [4.69, 9.17) is 28.9 Å². The fourth-order valence-corrected chi connectivity index (χ4v) is 3.89. The highest BCUT2D eigenvalue weighted by molar-refractivity contribution is 8.13. The van der Waals surface area contributed by atoms with Crippen LogP contribution in [0.3, 0.4) is 0 Å². The number of nitrogens with zero attached hydrogens (tertiary/aromatic N) is 3. The van der Waals surface area contributed by atoms with Crippen LogP contribution in [0.25, 0.3) is 6.08 Å². The van der Waals surface area contributed by atoms with Gasteiger partial charge in [-0.1, -0.05) is 35.0 Å². The van der Waals surface area contributed by atoms with Crippen molar-refractivity contribution in [2.75, 3.05) is 17.7 Å². The topological polar surface area (TPSA) is 93.3 Å². The fourth-order valence-electron chi connectivity index (χ4n) is 2.75. The number of pyridine rings is 2. The number of nitrogens with two attached hydrogens (primary N) is 1. The van der Waals surface area contributed by atoms with Gasteiger partial charge in [0.25, 0.3) is 5.91 Å². The lowest BCUT2D eigenvalue weighted by molar-refractivity contribution is 0.101. The average molecular weight is 458 g/mol. The molecule has 0 aromatic carbocycles. The summed E-state index contributed by atoms with van der Waals surface area (Å²) in [7, 11) is 0. The van der Waals surface area contributed by atoms with Crippen molar-refractivity contribution in [1.29, 1.82) is 0 Å². The van der Waals surface area contributed by atoms with Crippen molar-refractivity contribution in [1.82, 2.24) is 9.97 Å². The molecule has 29 heavy (non-hydrogen) atoms. The summed E-state index contributed by atoms with van der Waals surface area (Å²) >= 11 is 12.4. The predicted octanol–water partition coefficient (Wildman–Crippen LogP) is 4.26. The molecule has 2 aromatic heterocycles. The van der Waals surface area contributed by atoms with Gasteiger partial charge >= 0.3 is 0 Å². The molecule has 1 aliphatic heterocycles. The van der Waals surface area contributed by atoms with Crippen LogP contribution in [0, 0.1) is 5.82 Å². The van der Waals surface area contributed by atoms with E-state index in [2.05, 4.69) is 20.3 Å². The van der Waals surface area contributed by atoms with Crippen molar-refractivity contribution in [2.45, 2.75) is 12.0 Å². The maximum absolute atomic E-state index is 14.2. The maximum Gasteiger partial charge on any atom is 0.277 e. The zero-order chi connectivity index (χ0) is 21.0. The molecule has 0 fully saturated rings. The summed E-state index contributed by atoms with van der Waals surface area (Å²) in [5.74, 6) is -1.02. The number of halogens is 4. The van der Waals surface area contributed by atoms with Gasteiger partial charge in [0.15, 0.2) is 16.7 Å². The quantitative estimate of drug-likeness (QED) is 0.699. The summed E-state index contributed by atoms with van der Waals surface area (Å²) < 4.78 is 28.0. The van der Waals surface area contributed by atoms with Crippen molar-refractivity contribution in [3.05, 3.63) is 57.9 Å². The highest BCUT2D eigenvalue weighted by Crippen LogP contribution is 2.35. The second-order valence-corrected chi connectivity index (χ2v) is 8.25.